The van der Waals surface area contributed by atoms with Crippen molar-refractivity contribution in [2.45, 2.75) is 88.9 Å². The van der Waals surface area contributed by atoms with E-state index in [1.165, 1.54) is 27.9 Å². The smallest absolute Gasteiger partial charge is 0.255 e. The summed E-state index contributed by atoms with van der Waals surface area (Å²) in [5.74, 6) is 0.309. The molecule has 2 N–H and O–H groups in total. The minimum absolute atomic E-state index is 0.158. The lowest BCUT2D eigenvalue weighted by molar-refractivity contribution is -0.137. The van der Waals surface area contributed by atoms with Gasteiger partial charge < -0.3 is 19.8 Å². The van der Waals surface area contributed by atoms with Gasteiger partial charge in [0.2, 0.25) is 17.7 Å². The van der Waals surface area contributed by atoms with Gasteiger partial charge in [-0.2, -0.15) is 0 Å². The van der Waals surface area contributed by atoms with Gasteiger partial charge in [-0.05, 0) is 126 Å². The molecule has 1 spiro atoms. The predicted octanol–water partition coefficient (Wildman–Crippen LogP) is 6.24. The molecule has 0 aromatic heterocycles. The molecule has 1 aliphatic carbocycles. The molecule has 0 bridgehead atoms. The monoisotopic (exact) mass is 777 g/mol. The molecule has 1 unspecified atom stereocenters. The number of aryl methyl sites for hydroxylation is 1. The van der Waals surface area contributed by atoms with Gasteiger partial charge in [-0.1, -0.05) is 54.6 Å². The number of carbonyl (C=O) groups excluding carboxylic acids is 4. The van der Waals surface area contributed by atoms with Crippen molar-refractivity contribution < 1.29 is 24.3 Å². The Morgan fingerprint density at radius 3 is 2.19 bits per heavy atom. The molecule has 0 radical (unpaired) electrons. The van der Waals surface area contributed by atoms with E-state index in [0.29, 0.717) is 49.8 Å². The number of nitrogens with zero attached hydrogens (tertiary/aromatic N) is 4. The first-order chi connectivity index (χ1) is 28.2. The molecule has 298 valence electrons. The Morgan fingerprint density at radius 2 is 1.45 bits per heavy atom. The second-order valence-corrected chi connectivity index (χ2v) is 17.7. The summed E-state index contributed by atoms with van der Waals surface area (Å²) in [5.41, 5.74) is 10.6. The van der Waals surface area contributed by atoms with Crippen molar-refractivity contribution in [1.29, 1.82) is 0 Å². The van der Waals surface area contributed by atoms with Crippen LogP contribution >= 0.6 is 0 Å². The molecule has 4 aromatic rings. The Kier molecular flexibility index (Phi) is 9.35. The Labute approximate surface area is 339 Å². The van der Waals surface area contributed by atoms with E-state index in [9.17, 15) is 24.3 Å². The maximum Gasteiger partial charge on any atom is 0.255 e. The zero-order chi connectivity index (χ0) is 39.5. The van der Waals surface area contributed by atoms with Gasteiger partial charge in [0.05, 0.1) is 6.54 Å². The average molecular weight is 778 g/mol. The minimum Gasteiger partial charge on any atom is -0.508 e. The molecule has 3 saturated heterocycles. The number of hydrogen-bond donors (Lipinski definition) is 2. The van der Waals surface area contributed by atoms with Crippen LogP contribution in [0.3, 0.4) is 0 Å². The second kappa shape index (κ2) is 14.7. The number of fused-ring (bicyclic) bond motifs is 3. The van der Waals surface area contributed by atoms with Gasteiger partial charge in [0.15, 0.2) is 0 Å². The number of phenolic OH excluding ortho intramolecular Hbond substituents is 1. The van der Waals surface area contributed by atoms with Crippen LogP contribution in [0.5, 0.6) is 5.75 Å². The minimum atomic E-state index is -0.617. The normalized spacial score (nSPS) is 24.1. The number of anilines is 1. The molecular formula is C48H51N5O5. The van der Waals surface area contributed by atoms with Gasteiger partial charge in [-0.15, -0.1) is 0 Å². The lowest BCUT2D eigenvalue weighted by Crippen LogP contribution is -2.52. The van der Waals surface area contributed by atoms with E-state index < -0.39 is 11.9 Å². The number of aromatic hydroxyl groups is 1. The van der Waals surface area contributed by atoms with E-state index in [0.717, 1.165) is 81.4 Å². The number of likely N-dealkylation sites (tertiary alicyclic amines) is 1. The zero-order valence-corrected chi connectivity index (χ0v) is 33.0. The molecule has 58 heavy (non-hydrogen) atoms. The van der Waals surface area contributed by atoms with Crippen molar-refractivity contribution in [3.8, 4) is 5.75 Å². The van der Waals surface area contributed by atoms with Crippen LogP contribution in [0.1, 0.15) is 106 Å². The van der Waals surface area contributed by atoms with E-state index >= 15 is 0 Å². The average Bonchev–Trinajstić information content (AvgIpc) is 3.78. The molecule has 3 atom stereocenters. The fourth-order valence-electron chi connectivity index (χ4n) is 11.1. The number of amides is 4. The van der Waals surface area contributed by atoms with Crippen LogP contribution in [0, 0.1) is 5.41 Å². The molecule has 10 heteroatoms. The third-order valence-electron chi connectivity index (χ3n) is 14.4. The first-order valence-corrected chi connectivity index (χ1v) is 21.2. The number of nitrogens with one attached hydrogen (secondary N) is 1. The Balaban J connectivity index is 0.725. The molecule has 3 fully saturated rings. The highest BCUT2D eigenvalue weighted by Crippen LogP contribution is 2.48. The highest BCUT2D eigenvalue weighted by Gasteiger charge is 2.42. The second-order valence-electron chi connectivity index (χ2n) is 17.7. The third kappa shape index (κ3) is 6.75. The summed E-state index contributed by atoms with van der Waals surface area (Å²) in [6, 6.07) is 29.5. The summed E-state index contributed by atoms with van der Waals surface area (Å²) in [6.07, 6.45) is 6.98. The molecule has 10 nitrogen and oxygen atoms in total. The lowest BCUT2D eigenvalue weighted by atomic mass is 9.69. The summed E-state index contributed by atoms with van der Waals surface area (Å²) < 4.78 is 0. The van der Waals surface area contributed by atoms with Gasteiger partial charge in [-0.3, -0.25) is 29.4 Å². The zero-order valence-electron chi connectivity index (χ0n) is 33.0. The summed E-state index contributed by atoms with van der Waals surface area (Å²) in [4.78, 5) is 59.4. The van der Waals surface area contributed by atoms with Crippen molar-refractivity contribution in [2.75, 3.05) is 37.6 Å². The fraction of sp³-hybridized carbons (Fsp3) is 0.417. The number of imide groups is 1. The van der Waals surface area contributed by atoms with Crippen molar-refractivity contribution >= 4 is 29.3 Å². The maximum atomic E-state index is 13.6. The summed E-state index contributed by atoms with van der Waals surface area (Å²) in [5, 5.41) is 12.6. The van der Waals surface area contributed by atoms with E-state index in [2.05, 4.69) is 86.7 Å². The van der Waals surface area contributed by atoms with Crippen molar-refractivity contribution in [1.82, 2.24) is 20.0 Å². The standard InChI is InChI=1S/C48H51N5O5/c54-38-11-13-40-33(25-38)8-12-39(31-4-2-1-3-5-31)45(40)32-6-9-37(10-7-32)51-20-16-48(17-21-51)18-22-52(23-19-48)44(56)30-50-27-34-24-36-29-53(42-14-15-43(55)49-46(42)57)47(58)41(36)26-35(34)28-50/h1-7,9-11,13,24-26,39,42,45,54H,8,12,14-23,27-30H2,(H,49,55,57)/t39-,42?,45+/m1/s1. The van der Waals surface area contributed by atoms with Crippen molar-refractivity contribution in [3.63, 3.8) is 0 Å². The number of carbonyl (C=O) groups is 4. The third-order valence-corrected chi connectivity index (χ3v) is 14.4. The summed E-state index contributed by atoms with van der Waals surface area (Å²) in [7, 11) is 0. The Bertz CT molecular complexity index is 2270. The SMILES string of the molecule is O=C1CCC(N2Cc3cc4c(cc3C2=O)CN(CC(=O)N2CCC3(CC2)CCN(c2ccc([C@@H]5c6ccc(O)cc6CC[C@@H]5c5ccccc5)cc2)CC3)C4)C(=O)N1. The van der Waals surface area contributed by atoms with E-state index in [1.54, 1.807) is 4.90 Å². The van der Waals surface area contributed by atoms with Crippen LogP contribution in [-0.4, -0.2) is 82.2 Å². The Hall–Kier alpha value is -5.48. The van der Waals surface area contributed by atoms with Crippen LogP contribution in [0.2, 0.25) is 0 Å². The lowest BCUT2D eigenvalue weighted by Gasteiger charge is -2.47. The molecule has 4 aromatic carbocycles. The first kappa shape index (κ1) is 36.8. The highest BCUT2D eigenvalue weighted by molar-refractivity contribution is 6.05. The number of phenols is 1. The van der Waals surface area contributed by atoms with Crippen LogP contribution in [-0.2, 0) is 40.4 Å². The van der Waals surface area contributed by atoms with Crippen LogP contribution < -0.4 is 10.2 Å². The van der Waals surface area contributed by atoms with Gasteiger partial charge in [0.25, 0.3) is 5.91 Å². The maximum absolute atomic E-state index is 13.6. The van der Waals surface area contributed by atoms with Crippen LogP contribution in [0.15, 0.2) is 84.9 Å². The topological polar surface area (TPSA) is 114 Å². The van der Waals surface area contributed by atoms with Gasteiger partial charge in [-0.25, -0.2) is 0 Å². The number of rotatable bonds is 6. The fourth-order valence-corrected chi connectivity index (χ4v) is 11.1. The molecular weight excluding hydrogens is 727 g/mol. The number of benzene rings is 4. The van der Waals surface area contributed by atoms with E-state index in [4.69, 9.17) is 0 Å². The van der Waals surface area contributed by atoms with Crippen molar-refractivity contribution in [2.24, 2.45) is 5.41 Å². The van der Waals surface area contributed by atoms with E-state index in [-0.39, 0.29) is 35.5 Å². The number of hydrogen-bond acceptors (Lipinski definition) is 7. The highest BCUT2D eigenvalue weighted by atomic mass is 16.3. The molecule has 4 amide bonds. The predicted molar refractivity (Wildman–Crippen MR) is 220 cm³/mol. The van der Waals surface area contributed by atoms with Gasteiger partial charge in [0.1, 0.15) is 11.8 Å². The molecule has 10 rings (SSSR count). The molecule has 6 aliphatic rings. The molecule has 5 heterocycles. The largest absolute Gasteiger partial charge is 0.508 e. The van der Waals surface area contributed by atoms with E-state index in [1.807, 2.05) is 18.2 Å². The quantitative estimate of drug-likeness (QED) is 0.223. The summed E-state index contributed by atoms with van der Waals surface area (Å²) in [6.45, 7) is 5.68. The molecule has 0 saturated carbocycles. The first-order valence-electron chi connectivity index (χ1n) is 21.2. The van der Waals surface area contributed by atoms with Crippen molar-refractivity contribution in [3.05, 3.63) is 129 Å². The van der Waals surface area contributed by atoms with Crippen LogP contribution in [0.4, 0.5) is 5.69 Å². The van der Waals surface area contributed by atoms with Gasteiger partial charge >= 0.3 is 0 Å². The Morgan fingerprint density at radius 1 is 0.724 bits per heavy atom. The van der Waals surface area contributed by atoms with Crippen LogP contribution in [0.25, 0.3) is 0 Å². The number of piperidine rings is 3. The molecule has 5 aliphatic heterocycles. The summed E-state index contributed by atoms with van der Waals surface area (Å²) >= 11 is 0. The van der Waals surface area contributed by atoms with Gasteiger partial charge in [0, 0.05) is 69.4 Å².